The maximum atomic E-state index is 6.50. The van der Waals surface area contributed by atoms with E-state index in [0.717, 1.165) is 60.0 Å². The van der Waals surface area contributed by atoms with Crippen molar-refractivity contribution in [3.63, 3.8) is 0 Å². The first-order valence-electron chi connectivity index (χ1n) is 19.0. The van der Waals surface area contributed by atoms with Crippen LogP contribution in [0.4, 0.5) is 0 Å². The molecule has 12 aromatic rings. The zero-order valence-electron chi connectivity index (χ0n) is 30.4. The summed E-state index contributed by atoms with van der Waals surface area (Å²) in [7, 11) is 0. The standard InChI is InChI=1S/C51H30N4OS/c1-3-14-31(15-4-1)33-26-27-42-40(28-33)35-18-7-10-23-41(35)55(42)43-29-34(30-46-47(43)38-20-9-12-25-45(38)57-46)50-52-49(32-16-5-2-6-17-32)53-51(54-50)39-22-13-21-37-36-19-8-11-24-44(36)56-48(37)39/h1-30H. The molecule has 4 aromatic heterocycles. The van der Waals surface area contributed by atoms with Gasteiger partial charge < -0.3 is 8.98 Å². The number of nitrogens with zero attached hydrogens (tertiary/aromatic N) is 4. The largest absolute Gasteiger partial charge is 0.455 e. The van der Waals surface area contributed by atoms with Crippen LogP contribution in [-0.4, -0.2) is 19.5 Å². The summed E-state index contributed by atoms with van der Waals surface area (Å²) in [4.78, 5) is 15.6. The molecule has 0 spiro atoms. The van der Waals surface area contributed by atoms with Gasteiger partial charge in [-0.2, -0.15) is 0 Å². The number of rotatable bonds is 5. The van der Waals surface area contributed by atoms with Gasteiger partial charge in [-0.25, -0.2) is 15.0 Å². The van der Waals surface area contributed by atoms with Crippen LogP contribution in [-0.2, 0) is 0 Å². The van der Waals surface area contributed by atoms with Gasteiger partial charge in [0.15, 0.2) is 17.5 Å². The molecule has 0 fully saturated rings. The van der Waals surface area contributed by atoms with Crippen molar-refractivity contribution in [1.29, 1.82) is 0 Å². The quantitative estimate of drug-likeness (QED) is 0.176. The number of fused-ring (bicyclic) bond motifs is 9. The molecule has 0 aliphatic heterocycles. The third kappa shape index (κ3) is 5.04. The average Bonchev–Trinajstić information content (AvgIpc) is 3.96. The first-order valence-corrected chi connectivity index (χ1v) is 19.8. The summed E-state index contributed by atoms with van der Waals surface area (Å²) >= 11 is 1.80. The van der Waals surface area contributed by atoms with E-state index < -0.39 is 0 Å². The molecule has 12 rings (SSSR count). The van der Waals surface area contributed by atoms with Gasteiger partial charge >= 0.3 is 0 Å². The summed E-state index contributed by atoms with van der Waals surface area (Å²) in [6.45, 7) is 0. The first kappa shape index (κ1) is 31.9. The van der Waals surface area contributed by atoms with Crippen molar-refractivity contribution >= 4 is 75.3 Å². The number of aromatic nitrogens is 4. The molecule has 0 unspecified atom stereocenters. The van der Waals surface area contributed by atoms with Crippen LogP contribution in [0, 0.1) is 0 Å². The van der Waals surface area contributed by atoms with E-state index >= 15 is 0 Å². The zero-order chi connectivity index (χ0) is 37.5. The molecule has 0 saturated heterocycles. The van der Waals surface area contributed by atoms with E-state index in [1.54, 1.807) is 11.3 Å². The van der Waals surface area contributed by atoms with Crippen LogP contribution in [0.1, 0.15) is 0 Å². The Labute approximate surface area is 330 Å². The lowest BCUT2D eigenvalue weighted by molar-refractivity contribution is 0.669. The molecule has 0 amide bonds. The van der Waals surface area contributed by atoms with Gasteiger partial charge in [0.2, 0.25) is 0 Å². The Morgan fingerprint density at radius 2 is 1.05 bits per heavy atom. The molecular formula is C51H30N4OS. The van der Waals surface area contributed by atoms with Gasteiger partial charge in [0.05, 0.1) is 22.3 Å². The fourth-order valence-corrected chi connectivity index (χ4v) is 9.61. The number of benzene rings is 8. The average molecular weight is 747 g/mol. The van der Waals surface area contributed by atoms with Gasteiger partial charge in [0, 0.05) is 52.8 Å². The third-order valence-electron chi connectivity index (χ3n) is 11.0. The van der Waals surface area contributed by atoms with Gasteiger partial charge in [-0.1, -0.05) is 133 Å². The number of furan rings is 1. The lowest BCUT2D eigenvalue weighted by atomic mass is 10.0. The third-order valence-corrected chi connectivity index (χ3v) is 12.2. The zero-order valence-corrected chi connectivity index (χ0v) is 31.2. The van der Waals surface area contributed by atoms with Crippen LogP contribution in [0.5, 0.6) is 0 Å². The summed E-state index contributed by atoms with van der Waals surface area (Å²) in [5, 5.41) is 6.94. The number of thiophene rings is 1. The Morgan fingerprint density at radius 1 is 0.404 bits per heavy atom. The topological polar surface area (TPSA) is 56.7 Å². The van der Waals surface area contributed by atoms with E-state index in [1.807, 2.05) is 54.6 Å². The summed E-state index contributed by atoms with van der Waals surface area (Å²) in [5.74, 6) is 1.76. The highest BCUT2D eigenvalue weighted by Gasteiger charge is 2.22. The SMILES string of the molecule is c1ccc(-c2ccc3c(c2)c2ccccc2n3-c2cc(-c3nc(-c4ccccc4)nc(-c4cccc5c4oc4ccccc45)n3)cc3sc4ccccc4c23)cc1. The lowest BCUT2D eigenvalue weighted by Gasteiger charge is -2.14. The van der Waals surface area contributed by atoms with Crippen LogP contribution < -0.4 is 0 Å². The predicted octanol–water partition coefficient (Wildman–Crippen LogP) is 13.9. The molecular weight excluding hydrogens is 717 g/mol. The molecule has 0 saturated carbocycles. The molecule has 266 valence electrons. The van der Waals surface area contributed by atoms with E-state index in [1.165, 1.54) is 37.4 Å². The van der Waals surface area contributed by atoms with Gasteiger partial charge in [0.1, 0.15) is 11.2 Å². The van der Waals surface area contributed by atoms with Crippen LogP contribution in [0.3, 0.4) is 0 Å². The smallest absolute Gasteiger partial charge is 0.167 e. The van der Waals surface area contributed by atoms with Crippen molar-refractivity contribution in [2.75, 3.05) is 0 Å². The fraction of sp³-hybridized carbons (Fsp3) is 0. The van der Waals surface area contributed by atoms with Crippen molar-refractivity contribution in [3.05, 3.63) is 182 Å². The Hall–Kier alpha value is -7.41. The summed E-state index contributed by atoms with van der Waals surface area (Å²) in [6.07, 6.45) is 0. The van der Waals surface area contributed by atoms with E-state index in [9.17, 15) is 0 Å². The van der Waals surface area contributed by atoms with E-state index in [0.29, 0.717) is 17.5 Å². The molecule has 6 heteroatoms. The summed E-state index contributed by atoms with van der Waals surface area (Å²) in [5.41, 5.74) is 10.00. The lowest BCUT2D eigenvalue weighted by Crippen LogP contribution is -2.01. The van der Waals surface area contributed by atoms with Crippen molar-refractivity contribution in [3.8, 4) is 51.0 Å². The van der Waals surface area contributed by atoms with Crippen molar-refractivity contribution in [2.45, 2.75) is 0 Å². The minimum Gasteiger partial charge on any atom is -0.455 e. The van der Waals surface area contributed by atoms with Gasteiger partial charge in [-0.15, -0.1) is 11.3 Å². The molecule has 57 heavy (non-hydrogen) atoms. The van der Waals surface area contributed by atoms with Crippen molar-refractivity contribution in [2.24, 2.45) is 0 Å². The molecule has 0 aliphatic rings. The predicted molar refractivity (Wildman–Crippen MR) is 236 cm³/mol. The van der Waals surface area contributed by atoms with Crippen LogP contribution in [0.2, 0.25) is 0 Å². The van der Waals surface area contributed by atoms with Crippen LogP contribution in [0.15, 0.2) is 186 Å². The van der Waals surface area contributed by atoms with Crippen molar-refractivity contribution in [1.82, 2.24) is 19.5 Å². The van der Waals surface area contributed by atoms with Crippen molar-refractivity contribution < 1.29 is 4.42 Å². The van der Waals surface area contributed by atoms with Gasteiger partial charge in [0.25, 0.3) is 0 Å². The molecule has 5 nitrogen and oxygen atoms in total. The minimum absolute atomic E-state index is 0.562. The van der Waals surface area contributed by atoms with E-state index in [2.05, 4.69) is 132 Å². The molecule has 0 bridgehead atoms. The number of hydrogen-bond acceptors (Lipinski definition) is 5. The number of para-hydroxylation sites is 3. The molecule has 0 radical (unpaired) electrons. The second-order valence-corrected chi connectivity index (χ2v) is 15.5. The summed E-state index contributed by atoms with van der Waals surface area (Å²) < 4.78 is 11.3. The molecule has 0 atom stereocenters. The fourth-order valence-electron chi connectivity index (χ4n) is 8.45. The van der Waals surface area contributed by atoms with Gasteiger partial charge in [-0.3, -0.25) is 0 Å². The highest BCUT2D eigenvalue weighted by Crippen LogP contribution is 2.44. The molecule has 4 heterocycles. The Bertz CT molecular complexity index is 3530. The van der Waals surface area contributed by atoms with Gasteiger partial charge in [-0.05, 0) is 59.7 Å². The Kier molecular flexibility index (Phi) is 7.03. The van der Waals surface area contributed by atoms with Crippen LogP contribution >= 0.6 is 11.3 Å². The monoisotopic (exact) mass is 746 g/mol. The van der Waals surface area contributed by atoms with Crippen LogP contribution in [0.25, 0.3) is 115 Å². The highest BCUT2D eigenvalue weighted by molar-refractivity contribution is 7.26. The maximum absolute atomic E-state index is 6.50. The maximum Gasteiger partial charge on any atom is 0.167 e. The second kappa shape index (κ2) is 12.6. The Morgan fingerprint density at radius 3 is 1.89 bits per heavy atom. The number of hydrogen-bond donors (Lipinski definition) is 0. The first-order chi connectivity index (χ1) is 28.2. The normalized spacial score (nSPS) is 11.9. The minimum atomic E-state index is 0.562. The molecule has 0 aliphatic carbocycles. The second-order valence-electron chi connectivity index (χ2n) is 14.4. The van der Waals surface area contributed by atoms with E-state index in [4.69, 9.17) is 19.4 Å². The Balaban J connectivity index is 1.15. The molecule has 0 N–H and O–H groups in total. The summed E-state index contributed by atoms with van der Waals surface area (Å²) in [6, 6.07) is 63.9. The van der Waals surface area contributed by atoms with E-state index in [-0.39, 0.29) is 0 Å². The molecule has 8 aromatic carbocycles. The highest BCUT2D eigenvalue weighted by atomic mass is 32.1.